The van der Waals surface area contributed by atoms with Gasteiger partial charge >= 0.3 is 0 Å². The summed E-state index contributed by atoms with van der Waals surface area (Å²) in [5.41, 5.74) is 1.90. The third-order valence-corrected chi connectivity index (χ3v) is 6.03. The number of carbonyl (C=O) groups is 2. The maximum atomic E-state index is 13.2. The number of likely N-dealkylation sites (tertiary alicyclic amines) is 1. The van der Waals surface area contributed by atoms with Crippen LogP contribution in [0.5, 0.6) is 17.2 Å². The molecule has 2 aromatic rings. The van der Waals surface area contributed by atoms with E-state index in [1.807, 2.05) is 6.92 Å². The molecule has 2 aromatic carbocycles. The van der Waals surface area contributed by atoms with E-state index in [-0.39, 0.29) is 17.9 Å². The van der Waals surface area contributed by atoms with Gasteiger partial charge < -0.3 is 29.0 Å². The molecule has 8 nitrogen and oxygen atoms in total. The van der Waals surface area contributed by atoms with Crippen LogP contribution in [0.25, 0.3) is 5.76 Å². The molecule has 0 radical (unpaired) electrons. The van der Waals surface area contributed by atoms with Crippen LogP contribution in [-0.4, -0.2) is 62.8 Å². The molecule has 3 rings (SSSR count). The standard InChI is InChI=1S/C28H35NO7/c1-17(2)16-36-21-10-9-20(14-18(21)3)26(30)24-25(19-8-11-22(34-5)23(15-19)35-6)29(12-7-13-33-4)28(32)27(24)31/h8-11,14-15,17,25,30H,7,12-13,16H2,1-6H3/t25-/m0/s1. The summed E-state index contributed by atoms with van der Waals surface area (Å²) in [6.07, 6.45) is 0.536. The third kappa shape index (κ3) is 5.65. The third-order valence-electron chi connectivity index (χ3n) is 6.03. The lowest BCUT2D eigenvalue weighted by Gasteiger charge is -2.26. The average Bonchev–Trinajstić information content (AvgIpc) is 3.12. The highest BCUT2D eigenvalue weighted by Gasteiger charge is 2.46. The van der Waals surface area contributed by atoms with Gasteiger partial charge in [0.1, 0.15) is 11.5 Å². The Balaban J connectivity index is 2.11. The van der Waals surface area contributed by atoms with Crippen LogP contribution >= 0.6 is 0 Å². The van der Waals surface area contributed by atoms with Crippen molar-refractivity contribution in [2.24, 2.45) is 5.92 Å². The first-order valence-electron chi connectivity index (χ1n) is 12.0. The number of rotatable bonds is 11. The molecule has 0 unspecified atom stereocenters. The van der Waals surface area contributed by atoms with Gasteiger partial charge in [-0.05, 0) is 60.7 Å². The topological polar surface area (TPSA) is 94.5 Å². The number of ketones is 1. The van der Waals surface area contributed by atoms with Crippen molar-refractivity contribution in [3.05, 3.63) is 58.7 Å². The number of aliphatic hydroxyl groups is 1. The molecule has 1 fully saturated rings. The van der Waals surface area contributed by atoms with Crippen molar-refractivity contribution in [2.75, 3.05) is 41.1 Å². The molecule has 0 bridgehead atoms. The second-order valence-corrected chi connectivity index (χ2v) is 9.14. The largest absolute Gasteiger partial charge is 0.507 e. The van der Waals surface area contributed by atoms with Crippen LogP contribution in [0.4, 0.5) is 0 Å². The van der Waals surface area contributed by atoms with Gasteiger partial charge in [0.25, 0.3) is 11.7 Å². The zero-order valence-corrected chi connectivity index (χ0v) is 21.8. The van der Waals surface area contributed by atoms with Crippen LogP contribution in [-0.2, 0) is 14.3 Å². The Hall–Kier alpha value is -3.52. The highest BCUT2D eigenvalue weighted by Crippen LogP contribution is 2.42. The number of methoxy groups -OCH3 is 3. The summed E-state index contributed by atoms with van der Waals surface area (Å²) in [7, 11) is 4.63. The maximum Gasteiger partial charge on any atom is 0.295 e. The Labute approximate surface area is 212 Å². The predicted molar refractivity (Wildman–Crippen MR) is 137 cm³/mol. The van der Waals surface area contributed by atoms with Crippen molar-refractivity contribution in [3.8, 4) is 17.2 Å². The highest BCUT2D eigenvalue weighted by atomic mass is 16.5. The molecule has 0 saturated carbocycles. The van der Waals surface area contributed by atoms with Crippen LogP contribution in [0, 0.1) is 12.8 Å². The second kappa shape index (κ2) is 11.9. The Kier molecular flexibility index (Phi) is 8.98. The fourth-order valence-electron chi connectivity index (χ4n) is 4.23. The van der Waals surface area contributed by atoms with Crippen LogP contribution in [0.1, 0.15) is 43.0 Å². The van der Waals surface area contributed by atoms with Crippen LogP contribution in [0.2, 0.25) is 0 Å². The molecule has 1 atom stereocenters. The van der Waals surface area contributed by atoms with E-state index in [0.29, 0.717) is 53.9 Å². The van der Waals surface area contributed by atoms with Crippen molar-refractivity contribution in [3.63, 3.8) is 0 Å². The molecular formula is C28H35NO7. The van der Waals surface area contributed by atoms with Gasteiger partial charge in [-0.2, -0.15) is 0 Å². The van der Waals surface area contributed by atoms with Crippen LogP contribution < -0.4 is 14.2 Å². The van der Waals surface area contributed by atoms with Gasteiger partial charge in [-0.25, -0.2) is 0 Å². The van der Waals surface area contributed by atoms with E-state index in [0.717, 1.165) is 5.56 Å². The van der Waals surface area contributed by atoms with E-state index in [2.05, 4.69) is 13.8 Å². The number of hydrogen-bond donors (Lipinski definition) is 1. The average molecular weight is 498 g/mol. The molecule has 0 aliphatic carbocycles. The first-order valence-corrected chi connectivity index (χ1v) is 12.0. The van der Waals surface area contributed by atoms with Gasteiger partial charge in [0.2, 0.25) is 0 Å². The highest BCUT2D eigenvalue weighted by molar-refractivity contribution is 6.46. The lowest BCUT2D eigenvalue weighted by atomic mass is 9.94. The van der Waals surface area contributed by atoms with Gasteiger partial charge in [0.15, 0.2) is 11.5 Å². The van der Waals surface area contributed by atoms with E-state index in [1.165, 1.54) is 19.1 Å². The summed E-state index contributed by atoms with van der Waals surface area (Å²) in [6.45, 7) is 7.29. The Morgan fingerprint density at radius 2 is 1.69 bits per heavy atom. The van der Waals surface area contributed by atoms with E-state index in [9.17, 15) is 14.7 Å². The molecule has 1 heterocycles. The van der Waals surface area contributed by atoms with Gasteiger partial charge in [0.05, 0.1) is 32.4 Å². The minimum atomic E-state index is -0.793. The Morgan fingerprint density at radius 1 is 1.00 bits per heavy atom. The number of nitrogens with zero attached hydrogens (tertiary/aromatic N) is 1. The fourth-order valence-corrected chi connectivity index (χ4v) is 4.23. The number of hydrogen-bond acceptors (Lipinski definition) is 7. The molecule has 1 saturated heterocycles. The lowest BCUT2D eigenvalue weighted by Crippen LogP contribution is -2.31. The minimum absolute atomic E-state index is 0.0277. The molecule has 8 heteroatoms. The van der Waals surface area contributed by atoms with Crippen LogP contribution in [0.3, 0.4) is 0 Å². The maximum absolute atomic E-state index is 13.2. The summed E-state index contributed by atoms with van der Waals surface area (Å²) < 4.78 is 21.8. The number of aliphatic hydroxyl groups excluding tert-OH is 1. The summed E-state index contributed by atoms with van der Waals surface area (Å²) in [6, 6.07) is 9.64. The quantitative estimate of drug-likeness (QED) is 0.211. The smallest absolute Gasteiger partial charge is 0.295 e. The first kappa shape index (κ1) is 27.1. The Bertz CT molecular complexity index is 1140. The minimum Gasteiger partial charge on any atom is -0.507 e. The molecule has 0 spiro atoms. The summed E-state index contributed by atoms with van der Waals surface area (Å²) >= 11 is 0. The predicted octanol–water partition coefficient (Wildman–Crippen LogP) is 4.51. The van der Waals surface area contributed by atoms with E-state index >= 15 is 0 Å². The Morgan fingerprint density at radius 3 is 2.31 bits per heavy atom. The van der Waals surface area contributed by atoms with Crippen molar-refractivity contribution >= 4 is 17.4 Å². The van der Waals surface area contributed by atoms with E-state index < -0.39 is 17.7 Å². The molecule has 36 heavy (non-hydrogen) atoms. The number of amides is 1. The zero-order valence-electron chi connectivity index (χ0n) is 21.8. The SMILES string of the molecule is COCCCN1C(=O)C(=O)C(=C(O)c2ccc(OCC(C)C)c(C)c2)[C@@H]1c1ccc(OC)c(OC)c1. The van der Waals surface area contributed by atoms with Crippen molar-refractivity contribution in [1.82, 2.24) is 4.90 Å². The van der Waals surface area contributed by atoms with Crippen LogP contribution in [0.15, 0.2) is 42.0 Å². The normalized spacial score (nSPS) is 17.1. The van der Waals surface area contributed by atoms with Crippen molar-refractivity contribution in [2.45, 2.75) is 33.2 Å². The fraction of sp³-hybridized carbons (Fsp3) is 0.429. The molecule has 194 valence electrons. The number of ether oxygens (including phenoxy) is 4. The molecule has 1 aliphatic heterocycles. The van der Waals surface area contributed by atoms with E-state index in [1.54, 1.807) is 43.5 Å². The number of aryl methyl sites for hydroxylation is 1. The zero-order chi connectivity index (χ0) is 26.4. The van der Waals surface area contributed by atoms with Gasteiger partial charge in [0, 0.05) is 25.8 Å². The molecule has 1 aliphatic rings. The molecule has 1 N–H and O–H groups in total. The number of Topliss-reactive ketones (excluding diaryl/α,β-unsaturated/α-hetero) is 1. The second-order valence-electron chi connectivity index (χ2n) is 9.14. The lowest BCUT2D eigenvalue weighted by molar-refractivity contribution is -0.140. The van der Waals surface area contributed by atoms with Gasteiger partial charge in [-0.3, -0.25) is 9.59 Å². The summed E-state index contributed by atoms with van der Waals surface area (Å²) in [4.78, 5) is 27.8. The monoisotopic (exact) mass is 497 g/mol. The van der Waals surface area contributed by atoms with Gasteiger partial charge in [-0.1, -0.05) is 19.9 Å². The molecule has 1 amide bonds. The van der Waals surface area contributed by atoms with Gasteiger partial charge in [-0.15, -0.1) is 0 Å². The number of benzene rings is 2. The van der Waals surface area contributed by atoms with Crippen molar-refractivity contribution < 1.29 is 33.6 Å². The summed E-state index contributed by atoms with van der Waals surface area (Å²) in [5, 5.41) is 11.3. The first-order chi connectivity index (χ1) is 17.2. The molecular weight excluding hydrogens is 462 g/mol. The van der Waals surface area contributed by atoms with Crippen molar-refractivity contribution in [1.29, 1.82) is 0 Å². The number of carbonyl (C=O) groups excluding carboxylic acids is 2. The summed E-state index contributed by atoms with van der Waals surface area (Å²) in [5.74, 6) is 0.416. The molecule has 0 aromatic heterocycles. The van der Waals surface area contributed by atoms with E-state index in [4.69, 9.17) is 18.9 Å².